The van der Waals surface area contributed by atoms with Gasteiger partial charge in [-0.15, -0.1) is 0 Å². The second-order valence-electron chi connectivity index (χ2n) is 6.22. The summed E-state index contributed by atoms with van der Waals surface area (Å²) in [6.07, 6.45) is 0.995. The van der Waals surface area contributed by atoms with E-state index < -0.39 is 0 Å². The molecule has 0 bridgehead atoms. The lowest BCUT2D eigenvalue weighted by molar-refractivity contribution is 0.240. The highest BCUT2D eigenvalue weighted by Gasteiger charge is 2.40. The molecule has 0 aliphatic heterocycles. The quantitative estimate of drug-likeness (QED) is 0.774. The molecule has 6 heteroatoms. The minimum Gasteiger partial charge on any atom is -0.335 e. The fourth-order valence-corrected chi connectivity index (χ4v) is 3.04. The molecule has 0 saturated heterocycles. The largest absolute Gasteiger partial charge is 0.335 e. The summed E-state index contributed by atoms with van der Waals surface area (Å²) in [5.41, 5.74) is 4.96. The smallest absolute Gasteiger partial charge is 0.315 e. The summed E-state index contributed by atoms with van der Waals surface area (Å²) in [7, 11) is 0. The minimum absolute atomic E-state index is 0.144. The molecule has 1 aliphatic carbocycles. The molecule has 24 heavy (non-hydrogen) atoms. The van der Waals surface area contributed by atoms with Gasteiger partial charge < -0.3 is 10.6 Å². The maximum Gasteiger partial charge on any atom is 0.315 e. The van der Waals surface area contributed by atoms with Crippen LogP contribution in [0.1, 0.15) is 29.0 Å². The highest BCUT2D eigenvalue weighted by molar-refractivity contribution is 5.76. The van der Waals surface area contributed by atoms with E-state index >= 15 is 0 Å². The van der Waals surface area contributed by atoms with Gasteiger partial charge in [0.1, 0.15) is 11.0 Å². The lowest BCUT2D eigenvalue weighted by Gasteiger charge is -2.08. The standard InChI is InChI=1S/C18H18N4O2/c1-11-4-2-3-5-13(11)14-9-16(14)20-18(23)19-10-12-6-7-15-17(8-12)22-24-21-15/h2-8,14,16H,9-10H2,1H3,(H2,19,20,23)/t14-,16+/m0/s1. The summed E-state index contributed by atoms with van der Waals surface area (Å²) < 4.78 is 4.67. The van der Waals surface area contributed by atoms with Crippen LogP contribution in [0.4, 0.5) is 4.79 Å². The molecule has 1 aliphatic rings. The third kappa shape index (κ3) is 2.95. The minimum atomic E-state index is -0.144. The Morgan fingerprint density at radius 1 is 1.21 bits per heavy atom. The molecule has 1 fully saturated rings. The van der Waals surface area contributed by atoms with Crippen molar-refractivity contribution >= 4 is 17.1 Å². The van der Waals surface area contributed by atoms with Crippen LogP contribution in [0.3, 0.4) is 0 Å². The summed E-state index contributed by atoms with van der Waals surface area (Å²) in [5.74, 6) is 0.425. The van der Waals surface area contributed by atoms with Gasteiger partial charge in [-0.3, -0.25) is 0 Å². The van der Waals surface area contributed by atoms with Crippen LogP contribution < -0.4 is 10.6 Å². The molecule has 6 nitrogen and oxygen atoms in total. The first-order valence-electron chi connectivity index (χ1n) is 8.02. The monoisotopic (exact) mass is 322 g/mol. The lowest BCUT2D eigenvalue weighted by Crippen LogP contribution is -2.36. The maximum atomic E-state index is 12.1. The third-order valence-corrected chi connectivity index (χ3v) is 4.47. The number of aromatic nitrogens is 2. The summed E-state index contributed by atoms with van der Waals surface area (Å²) in [4.78, 5) is 12.1. The molecular formula is C18H18N4O2. The van der Waals surface area contributed by atoms with Gasteiger partial charge in [0.2, 0.25) is 0 Å². The van der Waals surface area contributed by atoms with Crippen molar-refractivity contribution in [3.63, 3.8) is 0 Å². The first-order chi connectivity index (χ1) is 11.7. The van der Waals surface area contributed by atoms with Crippen molar-refractivity contribution in [2.75, 3.05) is 0 Å². The molecule has 0 radical (unpaired) electrons. The highest BCUT2D eigenvalue weighted by Crippen LogP contribution is 2.41. The molecular weight excluding hydrogens is 304 g/mol. The SMILES string of the molecule is Cc1ccccc1[C@@H]1C[C@H]1NC(=O)NCc1ccc2nonc2c1. The van der Waals surface area contributed by atoms with E-state index in [0.717, 1.165) is 12.0 Å². The number of benzene rings is 2. The number of carbonyl (C=O) groups excluding carboxylic acids is 1. The molecule has 0 spiro atoms. The average Bonchev–Trinajstić information content (AvgIpc) is 3.17. The number of rotatable bonds is 4. The molecule has 0 unspecified atom stereocenters. The highest BCUT2D eigenvalue weighted by atomic mass is 16.6. The van der Waals surface area contributed by atoms with Gasteiger partial charge in [0.25, 0.3) is 0 Å². The van der Waals surface area contributed by atoms with E-state index in [1.54, 1.807) is 0 Å². The van der Waals surface area contributed by atoms with E-state index in [0.29, 0.717) is 23.5 Å². The van der Waals surface area contributed by atoms with Crippen LogP contribution in [0.2, 0.25) is 0 Å². The van der Waals surface area contributed by atoms with Gasteiger partial charge in [-0.2, -0.15) is 0 Å². The predicted molar refractivity (Wildman–Crippen MR) is 89.5 cm³/mol. The van der Waals surface area contributed by atoms with E-state index in [1.165, 1.54) is 11.1 Å². The molecule has 2 amide bonds. The normalized spacial score (nSPS) is 19.2. The number of hydrogen-bond donors (Lipinski definition) is 2. The van der Waals surface area contributed by atoms with Crippen LogP contribution in [-0.2, 0) is 6.54 Å². The molecule has 1 aromatic heterocycles. The van der Waals surface area contributed by atoms with E-state index in [4.69, 9.17) is 0 Å². The Morgan fingerprint density at radius 3 is 2.92 bits per heavy atom. The number of nitrogens with one attached hydrogen (secondary N) is 2. The Bertz CT molecular complexity index is 889. The van der Waals surface area contributed by atoms with Gasteiger partial charge >= 0.3 is 6.03 Å². The number of amides is 2. The molecule has 4 rings (SSSR count). The number of aryl methyl sites for hydroxylation is 1. The van der Waals surface area contributed by atoms with Crippen LogP contribution in [0.5, 0.6) is 0 Å². The number of fused-ring (bicyclic) bond motifs is 1. The average molecular weight is 322 g/mol. The fourth-order valence-electron chi connectivity index (χ4n) is 3.04. The van der Waals surface area contributed by atoms with Crippen molar-refractivity contribution in [3.05, 3.63) is 59.2 Å². The Balaban J connectivity index is 1.31. The number of carbonyl (C=O) groups is 1. The van der Waals surface area contributed by atoms with Gasteiger partial charge in [0.05, 0.1) is 0 Å². The van der Waals surface area contributed by atoms with Crippen LogP contribution in [0.15, 0.2) is 47.1 Å². The van der Waals surface area contributed by atoms with E-state index in [9.17, 15) is 4.79 Å². The fraction of sp³-hybridized carbons (Fsp3) is 0.278. The summed E-state index contributed by atoms with van der Waals surface area (Å²) in [6, 6.07) is 14.0. The molecule has 1 saturated carbocycles. The van der Waals surface area contributed by atoms with E-state index in [-0.39, 0.29) is 12.1 Å². The predicted octanol–water partition coefficient (Wildman–Crippen LogP) is 2.89. The first-order valence-corrected chi connectivity index (χ1v) is 8.02. The molecule has 2 aromatic carbocycles. The van der Waals surface area contributed by atoms with Crippen molar-refractivity contribution in [1.29, 1.82) is 0 Å². The summed E-state index contributed by atoms with van der Waals surface area (Å²) >= 11 is 0. The molecule has 1 heterocycles. The number of hydrogen-bond acceptors (Lipinski definition) is 4. The van der Waals surface area contributed by atoms with Gasteiger partial charge in [-0.1, -0.05) is 30.3 Å². The van der Waals surface area contributed by atoms with Crippen molar-refractivity contribution in [2.24, 2.45) is 0 Å². The van der Waals surface area contributed by atoms with Gasteiger partial charge in [0.15, 0.2) is 0 Å². The van der Waals surface area contributed by atoms with Crippen LogP contribution in [0.25, 0.3) is 11.0 Å². The lowest BCUT2D eigenvalue weighted by atomic mass is 10.0. The van der Waals surface area contributed by atoms with Crippen molar-refractivity contribution in [2.45, 2.75) is 31.8 Å². The third-order valence-electron chi connectivity index (χ3n) is 4.47. The topological polar surface area (TPSA) is 80.0 Å². The zero-order valence-electron chi connectivity index (χ0n) is 13.3. The van der Waals surface area contributed by atoms with Gasteiger partial charge in [0, 0.05) is 18.5 Å². The van der Waals surface area contributed by atoms with Crippen molar-refractivity contribution in [3.8, 4) is 0 Å². The molecule has 3 aromatic rings. The molecule has 2 atom stereocenters. The first kappa shape index (κ1) is 14.7. The summed E-state index contributed by atoms with van der Waals surface area (Å²) in [6.45, 7) is 2.55. The zero-order valence-corrected chi connectivity index (χ0v) is 13.3. The molecule has 2 N–H and O–H groups in total. The van der Waals surface area contributed by atoms with Gasteiger partial charge in [-0.05, 0) is 52.5 Å². The zero-order chi connectivity index (χ0) is 16.5. The van der Waals surface area contributed by atoms with Crippen LogP contribution in [-0.4, -0.2) is 22.4 Å². The Hall–Kier alpha value is -2.89. The second-order valence-corrected chi connectivity index (χ2v) is 6.22. The van der Waals surface area contributed by atoms with Crippen molar-refractivity contribution < 1.29 is 9.42 Å². The Labute approximate surface area is 139 Å². The number of nitrogens with zero attached hydrogens (tertiary/aromatic N) is 2. The van der Waals surface area contributed by atoms with Crippen LogP contribution >= 0.6 is 0 Å². The second kappa shape index (κ2) is 5.96. The Morgan fingerprint density at radius 2 is 2.04 bits per heavy atom. The van der Waals surface area contributed by atoms with E-state index in [1.807, 2.05) is 30.3 Å². The van der Waals surface area contributed by atoms with Crippen molar-refractivity contribution in [1.82, 2.24) is 20.9 Å². The maximum absolute atomic E-state index is 12.1. The van der Waals surface area contributed by atoms with Crippen LogP contribution in [0, 0.1) is 6.92 Å². The molecule has 122 valence electrons. The Kier molecular flexibility index (Phi) is 3.65. The summed E-state index contributed by atoms with van der Waals surface area (Å²) in [5, 5.41) is 13.5. The van der Waals surface area contributed by atoms with E-state index in [2.05, 4.69) is 44.6 Å². The number of urea groups is 1. The van der Waals surface area contributed by atoms with Gasteiger partial charge in [-0.25, -0.2) is 9.42 Å².